The van der Waals surface area contributed by atoms with Crippen LogP contribution in [0.15, 0.2) is 36.7 Å². The lowest BCUT2D eigenvalue weighted by molar-refractivity contribution is -0.140. The van der Waals surface area contributed by atoms with Crippen LogP contribution in [-0.2, 0) is 4.79 Å². The van der Waals surface area contributed by atoms with Gasteiger partial charge in [0.25, 0.3) is 0 Å². The summed E-state index contributed by atoms with van der Waals surface area (Å²) in [5.74, 6) is 2.66. The molecular formula is C31H46N2O3. The molecule has 0 unspecified atom stereocenters. The summed E-state index contributed by atoms with van der Waals surface area (Å²) in [4.78, 5) is 21.6. The summed E-state index contributed by atoms with van der Waals surface area (Å²) in [5.41, 5.74) is 0.890. The lowest BCUT2D eigenvalue weighted by atomic mass is 9.80. The minimum atomic E-state index is -0.0894. The van der Waals surface area contributed by atoms with Crippen LogP contribution in [0.4, 0.5) is 0 Å². The molecule has 0 radical (unpaired) electrons. The van der Waals surface area contributed by atoms with E-state index < -0.39 is 0 Å². The van der Waals surface area contributed by atoms with E-state index in [4.69, 9.17) is 9.47 Å². The molecule has 36 heavy (non-hydrogen) atoms. The first kappa shape index (κ1) is 28.1. The van der Waals surface area contributed by atoms with Crippen LogP contribution < -0.4 is 9.47 Å². The summed E-state index contributed by atoms with van der Waals surface area (Å²) in [7, 11) is 0. The first-order valence-electron chi connectivity index (χ1n) is 14.5. The molecule has 1 fully saturated rings. The molecule has 1 aliphatic rings. The van der Waals surface area contributed by atoms with Crippen molar-refractivity contribution in [2.24, 2.45) is 11.8 Å². The summed E-state index contributed by atoms with van der Waals surface area (Å²) in [5, 5.41) is 0. The number of nitrogens with zero attached hydrogens (tertiary/aromatic N) is 2. The first-order valence-corrected chi connectivity index (χ1v) is 14.5. The molecule has 0 N–H and O–H groups in total. The van der Waals surface area contributed by atoms with Crippen molar-refractivity contribution in [2.45, 2.75) is 110 Å². The van der Waals surface area contributed by atoms with Crippen molar-refractivity contribution in [2.75, 3.05) is 6.61 Å². The lowest BCUT2D eigenvalue weighted by Crippen LogP contribution is -2.25. The summed E-state index contributed by atoms with van der Waals surface area (Å²) >= 11 is 0. The highest BCUT2D eigenvalue weighted by molar-refractivity contribution is 5.75. The van der Waals surface area contributed by atoms with Crippen LogP contribution in [0.1, 0.15) is 110 Å². The van der Waals surface area contributed by atoms with Gasteiger partial charge in [-0.1, -0.05) is 78.1 Å². The van der Waals surface area contributed by atoms with Crippen molar-refractivity contribution in [3.05, 3.63) is 36.7 Å². The van der Waals surface area contributed by atoms with Gasteiger partial charge < -0.3 is 9.47 Å². The van der Waals surface area contributed by atoms with E-state index in [0.717, 1.165) is 43.6 Å². The number of hydrogen-bond donors (Lipinski definition) is 0. The molecule has 198 valence electrons. The molecule has 1 aliphatic carbocycles. The second-order valence-corrected chi connectivity index (χ2v) is 10.4. The van der Waals surface area contributed by atoms with E-state index in [1.54, 1.807) is 12.4 Å². The van der Waals surface area contributed by atoms with E-state index in [1.807, 2.05) is 24.3 Å². The van der Waals surface area contributed by atoms with E-state index in [-0.39, 0.29) is 11.9 Å². The Morgan fingerprint density at radius 3 is 2.06 bits per heavy atom. The van der Waals surface area contributed by atoms with Crippen molar-refractivity contribution in [1.29, 1.82) is 0 Å². The maximum Gasteiger partial charge on any atom is 0.314 e. The van der Waals surface area contributed by atoms with Gasteiger partial charge in [0.1, 0.15) is 5.75 Å². The van der Waals surface area contributed by atoms with E-state index in [9.17, 15) is 4.79 Å². The highest BCUT2D eigenvalue weighted by atomic mass is 16.5. The average molecular weight is 495 g/mol. The normalized spacial score (nSPS) is 17.6. The van der Waals surface area contributed by atoms with E-state index in [1.165, 1.54) is 64.2 Å². The molecule has 0 spiro atoms. The summed E-state index contributed by atoms with van der Waals surface area (Å²) < 4.78 is 11.5. The zero-order valence-electron chi connectivity index (χ0n) is 22.6. The van der Waals surface area contributed by atoms with Gasteiger partial charge in [0.05, 0.1) is 24.9 Å². The van der Waals surface area contributed by atoms with Crippen LogP contribution in [0.5, 0.6) is 11.5 Å². The average Bonchev–Trinajstić information content (AvgIpc) is 2.91. The van der Waals surface area contributed by atoms with Gasteiger partial charge in [-0.2, -0.15) is 0 Å². The third-order valence-electron chi connectivity index (χ3n) is 7.37. The molecule has 0 bridgehead atoms. The molecule has 5 nitrogen and oxygen atoms in total. The topological polar surface area (TPSA) is 61.3 Å². The number of carbonyl (C=O) groups excluding carboxylic acids is 1. The highest BCUT2D eigenvalue weighted by Crippen LogP contribution is 2.33. The van der Waals surface area contributed by atoms with Crippen LogP contribution in [0.25, 0.3) is 11.4 Å². The number of esters is 1. The highest BCUT2D eigenvalue weighted by Gasteiger charge is 2.27. The number of ether oxygens (including phenoxy) is 2. The van der Waals surface area contributed by atoms with Crippen molar-refractivity contribution >= 4 is 5.97 Å². The maximum absolute atomic E-state index is 12.7. The molecule has 0 aliphatic heterocycles. The fourth-order valence-electron chi connectivity index (χ4n) is 5.03. The van der Waals surface area contributed by atoms with Crippen LogP contribution in [0.3, 0.4) is 0 Å². The van der Waals surface area contributed by atoms with Gasteiger partial charge in [0.2, 0.25) is 0 Å². The van der Waals surface area contributed by atoms with E-state index in [0.29, 0.717) is 23.9 Å². The summed E-state index contributed by atoms with van der Waals surface area (Å²) in [6, 6.07) is 7.47. The molecule has 2 aromatic rings. The van der Waals surface area contributed by atoms with Crippen LogP contribution in [-0.4, -0.2) is 22.5 Å². The maximum atomic E-state index is 12.7. The SMILES string of the molecule is CCCCCCCCCOc1cnc(-c2ccc(OC(=O)C3CCC(CCCCC)CC3)cc2)nc1. The van der Waals surface area contributed by atoms with Gasteiger partial charge in [0.15, 0.2) is 11.6 Å². The predicted molar refractivity (Wildman–Crippen MR) is 146 cm³/mol. The number of rotatable bonds is 16. The van der Waals surface area contributed by atoms with Gasteiger partial charge in [-0.15, -0.1) is 0 Å². The number of benzene rings is 1. The Kier molecular flexibility index (Phi) is 12.8. The van der Waals surface area contributed by atoms with Gasteiger partial charge in [-0.25, -0.2) is 9.97 Å². The summed E-state index contributed by atoms with van der Waals surface area (Å²) in [6.45, 7) is 5.20. The molecule has 1 aromatic heterocycles. The van der Waals surface area contributed by atoms with E-state index >= 15 is 0 Å². The summed E-state index contributed by atoms with van der Waals surface area (Å²) in [6.07, 6.45) is 21.7. The number of unbranched alkanes of at least 4 members (excludes halogenated alkanes) is 8. The standard InChI is InChI=1S/C31H46N2O3/c1-3-5-7-8-9-10-12-22-35-29-23-32-30(33-24-29)26-18-20-28(21-19-26)36-31(34)27-16-14-25(15-17-27)13-11-6-4-2/h18-21,23-25,27H,3-17,22H2,1-2H3. The van der Waals surface area contributed by atoms with Crippen molar-refractivity contribution in [1.82, 2.24) is 9.97 Å². The smallest absolute Gasteiger partial charge is 0.314 e. The van der Waals surface area contributed by atoms with Crippen LogP contribution in [0.2, 0.25) is 0 Å². The fourth-order valence-corrected chi connectivity index (χ4v) is 5.03. The Morgan fingerprint density at radius 1 is 0.778 bits per heavy atom. The second-order valence-electron chi connectivity index (χ2n) is 10.4. The Labute approximate surface area is 218 Å². The number of carbonyl (C=O) groups is 1. The zero-order valence-corrected chi connectivity index (χ0v) is 22.6. The molecule has 1 aromatic carbocycles. The van der Waals surface area contributed by atoms with Crippen LogP contribution in [0, 0.1) is 11.8 Å². The molecule has 0 amide bonds. The Balaban J connectivity index is 1.37. The molecule has 0 saturated heterocycles. The minimum absolute atomic E-state index is 0.0315. The first-order chi connectivity index (χ1) is 17.7. The Morgan fingerprint density at radius 2 is 1.39 bits per heavy atom. The molecule has 1 heterocycles. The number of hydrogen-bond acceptors (Lipinski definition) is 5. The Hall–Kier alpha value is -2.43. The monoisotopic (exact) mass is 494 g/mol. The van der Waals surface area contributed by atoms with E-state index in [2.05, 4.69) is 23.8 Å². The fraction of sp³-hybridized carbons (Fsp3) is 0.645. The minimum Gasteiger partial charge on any atom is -0.490 e. The second kappa shape index (κ2) is 16.3. The van der Waals surface area contributed by atoms with Crippen LogP contribution >= 0.6 is 0 Å². The third-order valence-corrected chi connectivity index (χ3v) is 7.37. The van der Waals surface area contributed by atoms with Gasteiger partial charge in [0, 0.05) is 5.56 Å². The quantitative estimate of drug-likeness (QED) is 0.133. The number of aromatic nitrogens is 2. The Bertz CT molecular complexity index is 858. The molecule has 3 rings (SSSR count). The van der Waals surface area contributed by atoms with Gasteiger partial charge in [-0.3, -0.25) is 4.79 Å². The largest absolute Gasteiger partial charge is 0.490 e. The third kappa shape index (κ3) is 9.91. The lowest BCUT2D eigenvalue weighted by Gasteiger charge is -2.27. The molecule has 1 saturated carbocycles. The predicted octanol–water partition coefficient (Wildman–Crippen LogP) is 8.57. The van der Waals surface area contributed by atoms with Gasteiger partial charge >= 0.3 is 5.97 Å². The van der Waals surface area contributed by atoms with Crippen molar-refractivity contribution < 1.29 is 14.3 Å². The molecular weight excluding hydrogens is 448 g/mol. The molecule has 5 heteroatoms. The van der Waals surface area contributed by atoms with Gasteiger partial charge in [-0.05, 0) is 62.3 Å². The zero-order chi connectivity index (χ0) is 25.4. The van der Waals surface area contributed by atoms with Crippen molar-refractivity contribution in [3.8, 4) is 22.9 Å². The molecule has 0 atom stereocenters. The van der Waals surface area contributed by atoms with Crippen molar-refractivity contribution in [3.63, 3.8) is 0 Å².